The van der Waals surface area contributed by atoms with Crippen molar-refractivity contribution in [1.29, 1.82) is 0 Å². The molecule has 1 fully saturated rings. The smallest absolute Gasteiger partial charge is 0.449 e. The van der Waals surface area contributed by atoms with Gasteiger partial charge in [-0.25, -0.2) is 9.78 Å². The maximum Gasteiger partial charge on any atom is 0.449 e. The third-order valence-corrected chi connectivity index (χ3v) is 3.71. The zero-order chi connectivity index (χ0) is 15.2. The molecule has 21 heavy (non-hydrogen) atoms. The average molecular weight is 298 g/mol. The molecule has 0 amide bonds. The predicted molar refractivity (Wildman–Crippen MR) is 69.0 cm³/mol. The number of aromatic carboxylic acids is 1. The molecule has 0 spiro atoms. The maximum absolute atomic E-state index is 13.1. The molecule has 1 N–H and O–H groups in total. The Morgan fingerprint density at radius 3 is 2.67 bits per heavy atom. The van der Waals surface area contributed by atoms with E-state index >= 15 is 0 Å². The normalized spacial score (nSPS) is 15.6. The van der Waals surface area contributed by atoms with E-state index in [2.05, 4.69) is 4.98 Å². The number of aromatic nitrogens is 2. The van der Waals surface area contributed by atoms with Gasteiger partial charge in [0.05, 0.1) is 16.6 Å². The fraction of sp³-hybridized carbons (Fsp3) is 0.429. The van der Waals surface area contributed by atoms with Crippen molar-refractivity contribution in [3.05, 3.63) is 29.6 Å². The van der Waals surface area contributed by atoms with E-state index in [0.717, 1.165) is 17.4 Å². The number of fused-ring (bicyclic) bond motifs is 1. The summed E-state index contributed by atoms with van der Waals surface area (Å²) in [6.07, 6.45) is -1.73. The number of carbonyl (C=O) groups is 1. The van der Waals surface area contributed by atoms with Crippen LogP contribution in [-0.2, 0) is 12.7 Å². The Morgan fingerprint density at radius 1 is 1.38 bits per heavy atom. The number of aryl methyl sites for hydroxylation is 1. The Labute approximate surface area is 118 Å². The van der Waals surface area contributed by atoms with Gasteiger partial charge in [-0.3, -0.25) is 0 Å². The molecular formula is C14H13F3N2O2. The van der Waals surface area contributed by atoms with Crippen LogP contribution < -0.4 is 0 Å². The van der Waals surface area contributed by atoms with Gasteiger partial charge in [-0.15, -0.1) is 0 Å². The van der Waals surface area contributed by atoms with E-state index in [1.165, 1.54) is 18.2 Å². The van der Waals surface area contributed by atoms with Crippen LogP contribution in [0.3, 0.4) is 0 Å². The lowest BCUT2D eigenvalue weighted by Gasteiger charge is -2.11. The summed E-state index contributed by atoms with van der Waals surface area (Å²) >= 11 is 0. The van der Waals surface area contributed by atoms with E-state index in [-0.39, 0.29) is 17.6 Å². The Hall–Kier alpha value is -2.05. The lowest BCUT2D eigenvalue weighted by molar-refractivity contribution is -0.147. The molecule has 1 heterocycles. The summed E-state index contributed by atoms with van der Waals surface area (Å²) in [4.78, 5) is 14.5. The largest absolute Gasteiger partial charge is 0.478 e. The molecule has 2 aromatic rings. The van der Waals surface area contributed by atoms with Crippen LogP contribution in [0.5, 0.6) is 0 Å². The standard InChI is InChI=1S/C14H13F3N2O2/c15-14(16,17)13-18-10-7-9(12(20)21)3-4-11(10)19(13)6-5-8-1-2-8/h3-4,7-8H,1-2,5-6H2,(H,20,21). The second-order valence-corrected chi connectivity index (χ2v) is 5.33. The first-order valence-electron chi connectivity index (χ1n) is 6.67. The Bertz CT molecular complexity index is 702. The number of hydrogen-bond acceptors (Lipinski definition) is 2. The van der Waals surface area contributed by atoms with E-state index in [9.17, 15) is 18.0 Å². The van der Waals surface area contributed by atoms with Crippen LogP contribution in [0.1, 0.15) is 35.4 Å². The molecule has 0 radical (unpaired) electrons. The predicted octanol–water partition coefficient (Wildman–Crippen LogP) is 3.55. The second-order valence-electron chi connectivity index (χ2n) is 5.33. The summed E-state index contributed by atoms with van der Waals surface area (Å²) in [5, 5.41) is 8.91. The van der Waals surface area contributed by atoms with Crippen LogP contribution in [0.15, 0.2) is 18.2 Å². The number of benzene rings is 1. The number of halogens is 3. The van der Waals surface area contributed by atoms with Crippen molar-refractivity contribution < 1.29 is 23.1 Å². The minimum absolute atomic E-state index is 0.0666. The highest BCUT2D eigenvalue weighted by Crippen LogP contribution is 2.36. The SMILES string of the molecule is O=C(O)c1ccc2c(c1)nc(C(F)(F)F)n2CCC1CC1. The van der Waals surface area contributed by atoms with Gasteiger partial charge < -0.3 is 9.67 Å². The molecule has 3 rings (SSSR count). The van der Waals surface area contributed by atoms with Gasteiger partial charge in [0.25, 0.3) is 0 Å². The van der Waals surface area contributed by atoms with Crippen LogP contribution in [-0.4, -0.2) is 20.6 Å². The van der Waals surface area contributed by atoms with E-state index in [0.29, 0.717) is 17.9 Å². The lowest BCUT2D eigenvalue weighted by atomic mass is 10.2. The zero-order valence-electron chi connectivity index (χ0n) is 11.0. The monoisotopic (exact) mass is 298 g/mol. The molecule has 7 heteroatoms. The minimum atomic E-state index is -4.55. The van der Waals surface area contributed by atoms with Gasteiger partial charge in [0.2, 0.25) is 5.82 Å². The first-order valence-corrected chi connectivity index (χ1v) is 6.67. The van der Waals surface area contributed by atoms with E-state index < -0.39 is 18.0 Å². The molecule has 4 nitrogen and oxygen atoms in total. The van der Waals surface area contributed by atoms with Gasteiger partial charge in [-0.2, -0.15) is 13.2 Å². The molecule has 1 aliphatic carbocycles. The second kappa shape index (κ2) is 4.75. The van der Waals surface area contributed by atoms with Gasteiger partial charge in [-0.1, -0.05) is 12.8 Å². The number of alkyl halides is 3. The quantitative estimate of drug-likeness (QED) is 0.939. The molecule has 1 aliphatic rings. The summed E-state index contributed by atoms with van der Waals surface area (Å²) in [6, 6.07) is 3.88. The molecule has 112 valence electrons. The fourth-order valence-electron chi connectivity index (χ4n) is 2.42. The number of rotatable bonds is 4. The molecule has 0 unspecified atom stereocenters. The van der Waals surface area contributed by atoms with Gasteiger partial charge in [0, 0.05) is 6.54 Å². The van der Waals surface area contributed by atoms with E-state index in [4.69, 9.17) is 5.11 Å². The van der Waals surface area contributed by atoms with Crippen LogP contribution in [0.2, 0.25) is 0 Å². The van der Waals surface area contributed by atoms with Gasteiger partial charge in [0.1, 0.15) is 0 Å². The first kappa shape index (κ1) is 13.9. The summed E-state index contributed by atoms with van der Waals surface area (Å²) < 4.78 is 40.4. The number of carboxylic acids is 1. The van der Waals surface area contributed by atoms with Crippen molar-refractivity contribution in [3.8, 4) is 0 Å². The van der Waals surface area contributed by atoms with Crippen LogP contribution in [0, 0.1) is 5.92 Å². The molecule has 1 saturated carbocycles. The maximum atomic E-state index is 13.1. The van der Waals surface area contributed by atoms with Crippen molar-refractivity contribution >= 4 is 17.0 Å². The first-order chi connectivity index (χ1) is 9.86. The summed E-state index contributed by atoms with van der Waals surface area (Å²) in [7, 11) is 0. The molecule has 1 aromatic heterocycles. The number of imidazole rings is 1. The van der Waals surface area contributed by atoms with Gasteiger partial charge in [0.15, 0.2) is 0 Å². The number of nitrogens with zero attached hydrogens (tertiary/aromatic N) is 2. The van der Waals surface area contributed by atoms with Crippen LogP contribution >= 0.6 is 0 Å². The van der Waals surface area contributed by atoms with Gasteiger partial charge >= 0.3 is 12.1 Å². The molecule has 0 atom stereocenters. The van der Waals surface area contributed by atoms with E-state index in [1.54, 1.807) is 0 Å². The van der Waals surface area contributed by atoms with Crippen LogP contribution in [0.4, 0.5) is 13.2 Å². The number of carboxylic acid groups (broad SMARTS) is 1. The molecule has 0 saturated heterocycles. The topological polar surface area (TPSA) is 55.1 Å². The van der Waals surface area contributed by atoms with Crippen molar-refractivity contribution in [1.82, 2.24) is 9.55 Å². The zero-order valence-corrected chi connectivity index (χ0v) is 11.0. The third kappa shape index (κ3) is 2.72. The lowest BCUT2D eigenvalue weighted by Crippen LogP contribution is -2.15. The van der Waals surface area contributed by atoms with Crippen LogP contribution in [0.25, 0.3) is 11.0 Å². The Kier molecular flexibility index (Phi) is 3.15. The highest BCUT2D eigenvalue weighted by Gasteiger charge is 2.38. The summed E-state index contributed by atoms with van der Waals surface area (Å²) in [5.41, 5.74) is 0.328. The summed E-state index contributed by atoms with van der Waals surface area (Å²) in [5.74, 6) is -1.64. The third-order valence-electron chi connectivity index (χ3n) is 3.71. The Morgan fingerprint density at radius 2 is 2.10 bits per heavy atom. The molecule has 1 aromatic carbocycles. The molecular weight excluding hydrogens is 285 g/mol. The van der Waals surface area contributed by atoms with Crippen molar-refractivity contribution in [2.75, 3.05) is 0 Å². The molecule has 0 bridgehead atoms. The average Bonchev–Trinajstić information content (AvgIpc) is 3.14. The van der Waals surface area contributed by atoms with E-state index in [1.807, 2.05) is 0 Å². The molecule has 0 aliphatic heterocycles. The number of hydrogen-bond donors (Lipinski definition) is 1. The highest BCUT2D eigenvalue weighted by molar-refractivity contribution is 5.92. The summed E-state index contributed by atoms with van der Waals surface area (Å²) in [6.45, 7) is 0.252. The van der Waals surface area contributed by atoms with Crippen molar-refractivity contribution in [3.63, 3.8) is 0 Å². The Balaban J connectivity index is 2.08. The van der Waals surface area contributed by atoms with Gasteiger partial charge in [-0.05, 0) is 30.5 Å². The fourth-order valence-corrected chi connectivity index (χ4v) is 2.42. The van der Waals surface area contributed by atoms with Crippen molar-refractivity contribution in [2.24, 2.45) is 5.92 Å². The minimum Gasteiger partial charge on any atom is -0.478 e. The highest BCUT2D eigenvalue weighted by atomic mass is 19.4. The van der Waals surface area contributed by atoms with Crippen molar-refractivity contribution in [2.45, 2.75) is 32.0 Å².